The van der Waals surface area contributed by atoms with Crippen molar-refractivity contribution in [3.05, 3.63) is 71.8 Å². The predicted octanol–water partition coefficient (Wildman–Crippen LogP) is 4.82. The first-order valence-electron chi connectivity index (χ1n) is 8.92. The third-order valence-electron chi connectivity index (χ3n) is 4.74. The predicted molar refractivity (Wildman–Crippen MR) is 108 cm³/mol. The molecular formula is C23H21NO3. The first-order valence-corrected chi connectivity index (χ1v) is 8.92. The standard InChI is InChI=1S/C23H21NO3/c1-16-13-17(11-12-25)23(27-15-26-2)22(14-16)24-20-9-5-3-7-18(20)19-8-4-6-10-21(19)24/h3-10,12-14H,11,15H2,1-2H3. The highest BCUT2D eigenvalue weighted by atomic mass is 16.7. The lowest BCUT2D eigenvalue weighted by Gasteiger charge is -2.18. The molecular weight excluding hydrogens is 338 g/mol. The second-order valence-corrected chi connectivity index (χ2v) is 6.56. The number of benzene rings is 3. The molecule has 0 fully saturated rings. The van der Waals surface area contributed by atoms with Crippen molar-refractivity contribution >= 4 is 28.1 Å². The molecule has 0 aliphatic rings. The van der Waals surface area contributed by atoms with Gasteiger partial charge in [0.25, 0.3) is 0 Å². The summed E-state index contributed by atoms with van der Waals surface area (Å²) in [5.74, 6) is 0.682. The van der Waals surface area contributed by atoms with Crippen LogP contribution in [-0.2, 0) is 16.0 Å². The molecule has 4 aromatic rings. The van der Waals surface area contributed by atoms with Gasteiger partial charge in [-0.15, -0.1) is 0 Å². The Bertz CT molecular complexity index is 1070. The van der Waals surface area contributed by atoms with Crippen molar-refractivity contribution in [2.24, 2.45) is 0 Å². The number of aromatic nitrogens is 1. The number of aryl methyl sites for hydroxylation is 1. The van der Waals surface area contributed by atoms with E-state index in [0.717, 1.165) is 34.1 Å². The summed E-state index contributed by atoms with van der Waals surface area (Å²) in [7, 11) is 1.59. The van der Waals surface area contributed by atoms with E-state index in [1.807, 2.05) is 25.1 Å². The van der Waals surface area contributed by atoms with Gasteiger partial charge in [-0.05, 0) is 30.7 Å². The third kappa shape index (κ3) is 2.98. The van der Waals surface area contributed by atoms with Gasteiger partial charge >= 0.3 is 0 Å². The van der Waals surface area contributed by atoms with Gasteiger partial charge in [-0.3, -0.25) is 0 Å². The van der Waals surface area contributed by atoms with E-state index >= 15 is 0 Å². The summed E-state index contributed by atoms with van der Waals surface area (Å²) >= 11 is 0. The van der Waals surface area contributed by atoms with Crippen LogP contribution in [0.5, 0.6) is 5.75 Å². The van der Waals surface area contributed by atoms with Gasteiger partial charge in [-0.2, -0.15) is 0 Å². The summed E-state index contributed by atoms with van der Waals surface area (Å²) in [4.78, 5) is 11.2. The summed E-state index contributed by atoms with van der Waals surface area (Å²) < 4.78 is 13.3. The summed E-state index contributed by atoms with van der Waals surface area (Å²) in [6.07, 6.45) is 1.20. The molecule has 0 N–H and O–H groups in total. The maximum Gasteiger partial charge on any atom is 0.188 e. The minimum absolute atomic E-state index is 0.124. The number of hydrogen-bond donors (Lipinski definition) is 0. The van der Waals surface area contributed by atoms with Gasteiger partial charge in [0.1, 0.15) is 12.0 Å². The smallest absolute Gasteiger partial charge is 0.188 e. The Hall–Kier alpha value is -3.11. The average Bonchev–Trinajstić information content (AvgIpc) is 3.01. The topological polar surface area (TPSA) is 40.5 Å². The van der Waals surface area contributed by atoms with Crippen LogP contribution < -0.4 is 4.74 Å². The van der Waals surface area contributed by atoms with E-state index in [9.17, 15) is 4.79 Å². The number of methoxy groups -OCH3 is 1. The molecule has 0 saturated carbocycles. The van der Waals surface area contributed by atoms with Crippen LogP contribution in [0.25, 0.3) is 27.5 Å². The van der Waals surface area contributed by atoms with Crippen molar-refractivity contribution in [1.82, 2.24) is 4.57 Å². The van der Waals surface area contributed by atoms with Crippen molar-refractivity contribution in [2.75, 3.05) is 13.9 Å². The molecule has 0 spiro atoms. The molecule has 4 heteroatoms. The van der Waals surface area contributed by atoms with Crippen LogP contribution in [0, 0.1) is 6.92 Å². The minimum atomic E-state index is 0.124. The zero-order chi connectivity index (χ0) is 18.8. The molecule has 3 aromatic carbocycles. The minimum Gasteiger partial charge on any atom is -0.465 e. The number of carbonyl (C=O) groups is 1. The van der Waals surface area contributed by atoms with E-state index in [-0.39, 0.29) is 6.79 Å². The Morgan fingerprint density at radius 3 is 2.19 bits per heavy atom. The zero-order valence-corrected chi connectivity index (χ0v) is 15.4. The lowest BCUT2D eigenvalue weighted by atomic mass is 10.1. The van der Waals surface area contributed by atoms with Crippen LogP contribution in [0.3, 0.4) is 0 Å². The number of nitrogens with zero attached hydrogens (tertiary/aromatic N) is 1. The third-order valence-corrected chi connectivity index (χ3v) is 4.74. The van der Waals surface area contributed by atoms with E-state index < -0.39 is 0 Å². The number of fused-ring (bicyclic) bond motifs is 3. The van der Waals surface area contributed by atoms with E-state index in [4.69, 9.17) is 9.47 Å². The lowest BCUT2D eigenvalue weighted by Crippen LogP contribution is -2.07. The van der Waals surface area contributed by atoms with Crippen LogP contribution in [-0.4, -0.2) is 24.8 Å². The molecule has 0 radical (unpaired) electrons. The number of para-hydroxylation sites is 2. The van der Waals surface area contributed by atoms with Crippen LogP contribution in [0.4, 0.5) is 0 Å². The summed E-state index contributed by atoms with van der Waals surface area (Å²) in [5, 5.41) is 2.37. The Kier molecular flexibility index (Phi) is 4.65. The van der Waals surface area contributed by atoms with E-state index in [1.54, 1.807) is 7.11 Å². The quantitative estimate of drug-likeness (QED) is 0.366. The summed E-state index contributed by atoms with van der Waals surface area (Å²) in [6, 6.07) is 20.7. The van der Waals surface area contributed by atoms with Crippen molar-refractivity contribution in [3.63, 3.8) is 0 Å². The molecule has 27 heavy (non-hydrogen) atoms. The molecule has 4 nitrogen and oxygen atoms in total. The van der Waals surface area contributed by atoms with Crippen molar-refractivity contribution < 1.29 is 14.3 Å². The van der Waals surface area contributed by atoms with Gasteiger partial charge in [-0.1, -0.05) is 42.5 Å². The molecule has 0 aliphatic carbocycles. The maximum absolute atomic E-state index is 11.2. The van der Waals surface area contributed by atoms with Gasteiger partial charge < -0.3 is 18.8 Å². The molecule has 1 aromatic heterocycles. The van der Waals surface area contributed by atoms with Gasteiger partial charge in [0.2, 0.25) is 0 Å². The molecule has 0 saturated heterocycles. The molecule has 1 heterocycles. The van der Waals surface area contributed by atoms with Crippen molar-refractivity contribution in [3.8, 4) is 11.4 Å². The fourth-order valence-electron chi connectivity index (χ4n) is 3.70. The number of ether oxygens (including phenoxy) is 2. The molecule has 0 bridgehead atoms. The summed E-state index contributed by atoms with van der Waals surface area (Å²) in [6.45, 7) is 2.16. The van der Waals surface area contributed by atoms with Gasteiger partial charge in [0.05, 0.1) is 16.7 Å². The molecule has 136 valence electrons. The van der Waals surface area contributed by atoms with E-state index in [0.29, 0.717) is 12.2 Å². The molecule has 4 rings (SSSR count). The number of rotatable bonds is 6. The second kappa shape index (κ2) is 7.25. The number of hydrogen-bond acceptors (Lipinski definition) is 3. The molecule has 0 unspecified atom stereocenters. The maximum atomic E-state index is 11.2. The first kappa shape index (κ1) is 17.3. The molecule has 0 amide bonds. The monoisotopic (exact) mass is 359 g/mol. The van der Waals surface area contributed by atoms with Crippen LogP contribution in [0.2, 0.25) is 0 Å². The van der Waals surface area contributed by atoms with Crippen LogP contribution in [0.1, 0.15) is 11.1 Å². The van der Waals surface area contributed by atoms with Crippen molar-refractivity contribution in [1.29, 1.82) is 0 Å². The van der Waals surface area contributed by atoms with Crippen LogP contribution >= 0.6 is 0 Å². The van der Waals surface area contributed by atoms with E-state index in [1.165, 1.54) is 10.8 Å². The zero-order valence-electron chi connectivity index (χ0n) is 15.4. The van der Waals surface area contributed by atoms with Crippen LogP contribution in [0.15, 0.2) is 60.7 Å². The normalized spacial score (nSPS) is 11.2. The average molecular weight is 359 g/mol. The highest BCUT2D eigenvalue weighted by Gasteiger charge is 2.18. The Labute approximate surface area is 157 Å². The number of carbonyl (C=O) groups excluding carboxylic acids is 1. The van der Waals surface area contributed by atoms with Gasteiger partial charge in [0, 0.05) is 29.9 Å². The highest BCUT2D eigenvalue weighted by molar-refractivity contribution is 6.09. The fraction of sp³-hybridized carbons (Fsp3) is 0.174. The Morgan fingerprint density at radius 1 is 0.963 bits per heavy atom. The fourth-order valence-corrected chi connectivity index (χ4v) is 3.70. The number of aldehydes is 1. The van der Waals surface area contributed by atoms with Gasteiger partial charge in [-0.25, -0.2) is 0 Å². The highest BCUT2D eigenvalue weighted by Crippen LogP contribution is 2.37. The van der Waals surface area contributed by atoms with Gasteiger partial charge in [0.15, 0.2) is 6.79 Å². The molecule has 0 aliphatic heterocycles. The second-order valence-electron chi connectivity index (χ2n) is 6.56. The summed E-state index contributed by atoms with van der Waals surface area (Å²) in [5.41, 5.74) is 5.06. The van der Waals surface area contributed by atoms with E-state index in [2.05, 4.69) is 47.0 Å². The lowest BCUT2D eigenvalue weighted by molar-refractivity contribution is -0.107. The van der Waals surface area contributed by atoms with Crippen molar-refractivity contribution in [2.45, 2.75) is 13.3 Å². The first-order chi connectivity index (χ1) is 13.2. The molecule has 0 atom stereocenters. The SMILES string of the molecule is COCOc1c(CC=O)cc(C)cc1-n1c2ccccc2c2ccccc21. The Morgan fingerprint density at radius 2 is 1.59 bits per heavy atom. The largest absolute Gasteiger partial charge is 0.465 e. The Balaban J connectivity index is 2.09.